The van der Waals surface area contributed by atoms with Gasteiger partial charge in [-0.3, -0.25) is 9.79 Å². The molecule has 0 saturated carbocycles. The number of carboxylic acids is 1. The van der Waals surface area contributed by atoms with Gasteiger partial charge < -0.3 is 22.3 Å². The zero-order valence-electron chi connectivity index (χ0n) is 6.14. The Kier molecular flexibility index (Phi) is 12.1. The lowest BCUT2D eigenvalue weighted by atomic mass is 10.3. The van der Waals surface area contributed by atoms with Crippen molar-refractivity contribution in [3.63, 3.8) is 0 Å². The predicted octanol–water partition coefficient (Wildman–Crippen LogP) is -1.48. The second kappa shape index (κ2) is 8.38. The number of nitrogens with zero attached hydrogens (tertiary/aromatic N) is 1. The molecule has 12 heavy (non-hydrogen) atoms. The van der Waals surface area contributed by atoms with Crippen LogP contribution < -0.4 is 17.2 Å². The van der Waals surface area contributed by atoms with Gasteiger partial charge in [0.15, 0.2) is 5.96 Å². The molecule has 0 saturated heterocycles. The summed E-state index contributed by atoms with van der Waals surface area (Å²) in [4.78, 5) is 13.4. The van der Waals surface area contributed by atoms with Crippen molar-refractivity contribution in [1.29, 1.82) is 0 Å². The van der Waals surface area contributed by atoms with E-state index >= 15 is 0 Å². The largest absolute Gasteiger partial charge is 0.480 e. The first-order chi connectivity index (χ1) is 4.54. The van der Waals surface area contributed by atoms with Gasteiger partial charge in [0, 0.05) is 0 Å². The lowest BCUT2D eigenvalue weighted by Crippen LogP contribution is -2.35. The van der Waals surface area contributed by atoms with Gasteiger partial charge in [-0.1, -0.05) is 0 Å². The molecule has 1 atom stereocenters. The van der Waals surface area contributed by atoms with Crippen LogP contribution in [0.4, 0.5) is 0 Å². The van der Waals surface area contributed by atoms with E-state index in [9.17, 15) is 4.79 Å². The third-order valence-electron chi connectivity index (χ3n) is 0.788. The fourth-order valence-corrected chi connectivity index (χ4v) is 0.282. The molecule has 0 aromatic rings. The highest BCUT2D eigenvalue weighted by molar-refractivity contribution is 5.85. The van der Waals surface area contributed by atoms with Gasteiger partial charge in [-0.05, 0) is 0 Å². The smallest absolute Gasteiger partial charge is 0.322 e. The fourth-order valence-electron chi connectivity index (χ4n) is 0.282. The van der Waals surface area contributed by atoms with Gasteiger partial charge in [0.05, 0.1) is 6.54 Å². The Bertz CT molecular complexity index is 159. The van der Waals surface area contributed by atoms with Gasteiger partial charge in [0.1, 0.15) is 6.04 Å². The molecule has 0 aliphatic rings. The van der Waals surface area contributed by atoms with E-state index in [2.05, 4.69) is 4.99 Å². The first kappa shape index (κ1) is 17.4. The minimum absolute atomic E-state index is 0. The van der Waals surface area contributed by atoms with E-state index in [0.29, 0.717) is 0 Å². The van der Waals surface area contributed by atoms with Crippen molar-refractivity contribution in [2.45, 2.75) is 6.04 Å². The molecule has 0 rings (SSSR count). The summed E-state index contributed by atoms with van der Waals surface area (Å²) in [5.41, 5.74) is 14.9. The zero-order chi connectivity index (χ0) is 8.15. The molecule has 0 radical (unpaired) electrons. The third kappa shape index (κ3) is 9.28. The number of rotatable bonds is 3. The van der Waals surface area contributed by atoms with E-state index in [1.54, 1.807) is 0 Å². The van der Waals surface area contributed by atoms with Crippen molar-refractivity contribution in [2.75, 3.05) is 6.54 Å². The maximum Gasteiger partial charge on any atom is 0.322 e. The molecule has 0 aliphatic heterocycles. The first-order valence-corrected chi connectivity index (χ1v) is 2.58. The molecule has 6 nitrogen and oxygen atoms in total. The van der Waals surface area contributed by atoms with Crippen LogP contribution in [-0.2, 0) is 4.79 Å². The van der Waals surface area contributed by atoms with Crippen molar-refractivity contribution >= 4 is 36.7 Å². The summed E-state index contributed by atoms with van der Waals surface area (Å²) in [7, 11) is 0. The number of guanidine groups is 1. The summed E-state index contributed by atoms with van der Waals surface area (Å²) < 4.78 is 0. The summed E-state index contributed by atoms with van der Waals surface area (Å²) in [6.07, 6.45) is 0. The maximum atomic E-state index is 10.0. The van der Waals surface area contributed by atoms with Crippen LogP contribution in [0.15, 0.2) is 4.99 Å². The molecule has 0 bridgehead atoms. The van der Waals surface area contributed by atoms with Gasteiger partial charge in [-0.15, -0.1) is 24.8 Å². The molecule has 0 aliphatic carbocycles. The standard InChI is InChI=1S/C4H10N4O2.2ClH/c5-2(3(9)10)1-8-4(6)7;;/h2H,1,5H2,(H,9,10)(H4,6,7,8);2*1H/t2-;;/m0../s1. The van der Waals surface area contributed by atoms with Gasteiger partial charge >= 0.3 is 5.97 Å². The first-order valence-electron chi connectivity index (χ1n) is 2.58. The molecule has 0 heterocycles. The Morgan fingerprint density at radius 3 is 2.08 bits per heavy atom. The van der Waals surface area contributed by atoms with E-state index in [-0.39, 0.29) is 37.3 Å². The van der Waals surface area contributed by atoms with Crippen LogP contribution in [0.2, 0.25) is 0 Å². The lowest BCUT2D eigenvalue weighted by molar-refractivity contribution is -0.138. The highest BCUT2D eigenvalue weighted by atomic mass is 35.5. The molecule has 8 heteroatoms. The van der Waals surface area contributed by atoms with Gasteiger partial charge in [0.25, 0.3) is 0 Å². The number of nitrogens with two attached hydrogens (primary N) is 3. The molecule has 7 N–H and O–H groups in total. The third-order valence-corrected chi connectivity index (χ3v) is 0.788. The molecule has 0 aromatic heterocycles. The van der Waals surface area contributed by atoms with Gasteiger partial charge in [-0.25, -0.2) is 0 Å². The molecule has 0 fully saturated rings. The Morgan fingerprint density at radius 2 is 1.83 bits per heavy atom. The number of aliphatic carboxylic acids is 1. The second-order valence-electron chi connectivity index (χ2n) is 1.71. The lowest BCUT2D eigenvalue weighted by Gasteiger charge is -2.00. The fraction of sp³-hybridized carbons (Fsp3) is 0.500. The van der Waals surface area contributed by atoms with E-state index in [1.165, 1.54) is 0 Å². The Hall–Kier alpha value is -0.720. The summed E-state index contributed by atoms with van der Waals surface area (Å²) >= 11 is 0. The number of hydrogen-bond acceptors (Lipinski definition) is 3. The van der Waals surface area contributed by atoms with Crippen LogP contribution >= 0.6 is 24.8 Å². The van der Waals surface area contributed by atoms with Crippen LogP contribution in [0.25, 0.3) is 0 Å². The van der Waals surface area contributed by atoms with Crippen LogP contribution in [0.5, 0.6) is 0 Å². The van der Waals surface area contributed by atoms with E-state index in [1.807, 2.05) is 0 Å². The number of aliphatic imine (C=N–C) groups is 1. The van der Waals surface area contributed by atoms with E-state index in [4.69, 9.17) is 22.3 Å². The number of halogens is 2. The quantitative estimate of drug-likeness (QED) is 0.339. The molecule has 74 valence electrons. The summed E-state index contributed by atoms with van der Waals surface area (Å²) in [5, 5.41) is 8.22. The van der Waals surface area contributed by atoms with Crippen LogP contribution in [0.3, 0.4) is 0 Å². The van der Waals surface area contributed by atoms with Crippen molar-refractivity contribution in [3.8, 4) is 0 Å². The summed E-state index contributed by atoms with van der Waals surface area (Å²) in [6.45, 7) is -0.0856. The van der Waals surface area contributed by atoms with E-state index in [0.717, 1.165) is 0 Å². The summed E-state index contributed by atoms with van der Waals surface area (Å²) in [6, 6.07) is -1.03. The minimum Gasteiger partial charge on any atom is -0.480 e. The van der Waals surface area contributed by atoms with Crippen LogP contribution in [0.1, 0.15) is 0 Å². The average Bonchev–Trinajstić information content (AvgIpc) is 1.82. The van der Waals surface area contributed by atoms with Crippen LogP contribution in [0, 0.1) is 0 Å². The molecular formula is C4H12Cl2N4O2. The number of carbonyl (C=O) groups is 1. The van der Waals surface area contributed by atoms with Gasteiger partial charge in [0.2, 0.25) is 0 Å². The summed E-state index contributed by atoms with van der Waals surface area (Å²) in [5.74, 6) is -1.28. The van der Waals surface area contributed by atoms with E-state index < -0.39 is 12.0 Å². The number of carboxylic acid groups (broad SMARTS) is 1. The normalized spacial score (nSPS) is 10.1. The van der Waals surface area contributed by atoms with Crippen molar-refractivity contribution in [1.82, 2.24) is 0 Å². The highest BCUT2D eigenvalue weighted by Crippen LogP contribution is 1.78. The SMILES string of the molecule is Cl.Cl.NC(N)=NC[C@H](N)C(=O)O. The zero-order valence-corrected chi connectivity index (χ0v) is 7.77. The Morgan fingerprint density at radius 1 is 1.42 bits per heavy atom. The predicted molar refractivity (Wildman–Crippen MR) is 50.8 cm³/mol. The van der Waals surface area contributed by atoms with Crippen LogP contribution in [-0.4, -0.2) is 29.6 Å². The average molecular weight is 219 g/mol. The van der Waals surface area contributed by atoms with Crippen molar-refractivity contribution in [3.05, 3.63) is 0 Å². The molecule has 0 amide bonds. The molecule has 0 spiro atoms. The van der Waals surface area contributed by atoms with Gasteiger partial charge in [-0.2, -0.15) is 0 Å². The van der Waals surface area contributed by atoms with Crippen molar-refractivity contribution in [2.24, 2.45) is 22.2 Å². The maximum absolute atomic E-state index is 10.0. The number of hydrogen-bond donors (Lipinski definition) is 4. The Balaban J connectivity index is -0.000000405. The topological polar surface area (TPSA) is 128 Å². The molecule has 0 aromatic carbocycles. The minimum atomic E-state index is -1.12. The molecule has 0 unspecified atom stereocenters. The molecular weight excluding hydrogens is 207 g/mol. The second-order valence-corrected chi connectivity index (χ2v) is 1.71. The highest BCUT2D eigenvalue weighted by Gasteiger charge is 2.09. The monoisotopic (exact) mass is 218 g/mol. The Labute approximate surface area is 82.0 Å². The van der Waals surface area contributed by atoms with Crippen molar-refractivity contribution < 1.29 is 9.90 Å².